The molecule has 0 atom stereocenters. The number of rotatable bonds is 6. The van der Waals surface area contributed by atoms with E-state index < -0.39 is 0 Å². The Labute approximate surface area is 149 Å². The number of hydrogen-bond donors (Lipinski definition) is 2. The Morgan fingerprint density at radius 1 is 1.12 bits per heavy atom. The molecule has 0 bridgehead atoms. The maximum atomic E-state index is 12.1. The molecule has 0 aromatic heterocycles. The highest BCUT2D eigenvalue weighted by atomic mass is 16.5. The van der Waals surface area contributed by atoms with Gasteiger partial charge in [0, 0.05) is 24.9 Å². The van der Waals surface area contributed by atoms with Crippen molar-refractivity contribution in [3.05, 3.63) is 65.2 Å². The Balaban J connectivity index is 1.42. The van der Waals surface area contributed by atoms with Crippen molar-refractivity contribution in [2.75, 3.05) is 19.7 Å². The lowest BCUT2D eigenvalue weighted by Gasteiger charge is -2.25. The fourth-order valence-corrected chi connectivity index (χ4v) is 3.07. The molecule has 1 aliphatic rings. The number of nitrogens with one attached hydrogen (secondary N) is 2. The predicted octanol–water partition coefficient (Wildman–Crippen LogP) is 3.44. The van der Waals surface area contributed by atoms with Crippen LogP contribution < -0.4 is 15.4 Å². The fraction of sp³-hybridized carbons (Fsp3) is 0.381. The first-order valence-electron chi connectivity index (χ1n) is 8.86. The lowest BCUT2D eigenvalue weighted by Crippen LogP contribution is -2.42. The summed E-state index contributed by atoms with van der Waals surface area (Å²) in [6, 6.07) is 16.4. The third-order valence-electron chi connectivity index (χ3n) is 4.70. The number of amides is 2. The normalized spacial score (nSPS) is 13.0. The lowest BCUT2D eigenvalue weighted by molar-refractivity contribution is 0.238. The fourth-order valence-electron chi connectivity index (χ4n) is 3.07. The van der Waals surface area contributed by atoms with Crippen molar-refractivity contribution in [3.63, 3.8) is 0 Å². The maximum absolute atomic E-state index is 12.1. The van der Waals surface area contributed by atoms with Crippen molar-refractivity contribution >= 4 is 6.03 Å². The number of hydrogen-bond acceptors (Lipinski definition) is 2. The molecule has 0 spiro atoms. The molecule has 4 heteroatoms. The topological polar surface area (TPSA) is 50.4 Å². The van der Waals surface area contributed by atoms with E-state index in [1.165, 1.54) is 16.7 Å². The summed E-state index contributed by atoms with van der Waals surface area (Å²) in [7, 11) is 0. The zero-order chi connectivity index (χ0) is 17.7. The third-order valence-corrected chi connectivity index (χ3v) is 4.70. The van der Waals surface area contributed by atoms with Crippen molar-refractivity contribution in [3.8, 4) is 5.75 Å². The maximum Gasteiger partial charge on any atom is 0.314 e. The number of urea groups is 1. The Morgan fingerprint density at radius 3 is 2.72 bits per heavy atom. The molecule has 0 radical (unpaired) electrons. The van der Waals surface area contributed by atoms with E-state index in [9.17, 15) is 4.79 Å². The zero-order valence-corrected chi connectivity index (χ0v) is 15.0. The van der Waals surface area contributed by atoms with Crippen molar-refractivity contribution in [2.24, 2.45) is 0 Å². The van der Waals surface area contributed by atoms with Crippen molar-refractivity contribution in [1.29, 1.82) is 0 Å². The zero-order valence-electron chi connectivity index (χ0n) is 15.0. The molecule has 25 heavy (non-hydrogen) atoms. The van der Waals surface area contributed by atoms with E-state index in [2.05, 4.69) is 48.7 Å². The summed E-state index contributed by atoms with van der Waals surface area (Å²) < 4.78 is 5.52. The van der Waals surface area contributed by atoms with Crippen LogP contribution in [0.4, 0.5) is 4.79 Å². The molecule has 132 valence electrons. The molecule has 0 unspecified atom stereocenters. The monoisotopic (exact) mass is 338 g/mol. The van der Waals surface area contributed by atoms with Crippen LogP contribution in [-0.4, -0.2) is 25.7 Å². The molecule has 1 heterocycles. The largest absolute Gasteiger partial charge is 0.493 e. The van der Waals surface area contributed by atoms with Crippen LogP contribution in [0, 0.1) is 0 Å². The van der Waals surface area contributed by atoms with Gasteiger partial charge in [-0.1, -0.05) is 56.3 Å². The molecule has 2 N–H and O–H groups in total. The summed E-state index contributed by atoms with van der Waals surface area (Å²) in [5.41, 5.74) is 3.62. The molecule has 2 amide bonds. The first kappa shape index (κ1) is 17.3. The minimum absolute atomic E-state index is 0.0986. The summed E-state index contributed by atoms with van der Waals surface area (Å²) in [5.74, 6) is 0.998. The van der Waals surface area contributed by atoms with E-state index in [0.29, 0.717) is 13.1 Å². The molecule has 1 aliphatic heterocycles. The number of ether oxygens (including phenoxy) is 1. The number of carbonyl (C=O) groups is 1. The van der Waals surface area contributed by atoms with E-state index >= 15 is 0 Å². The molecular weight excluding hydrogens is 312 g/mol. The second-order valence-electron chi connectivity index (χ2n) is 7.15. The number of fused-ring (bicyclic) bond motifs is 1. The summed E-state index contributed by atoms with van der Waals surface area (Å²) in [4.78, 5) is 12.1. The van der Waals surface area contributed by atoms with Gasteiger partial charge in [-0.3, -0.25) is 0 Å². The van der Waals surface area contributed by atoms with Gasteiger partial charge >= 0.3 is 6.03 Å². The lowest BCUT2D eigenvalue weighted by atomic mass is 9.85. The van der Waals surface area contributed by atoms with Crippen LogP contribution in [0.15, 0.2) is 48.5 Å². The first-order valence-corrected chi connectivity index (χ1v) is 8.86. The molecule has 0 saturated heterocycles. The summed E-state index contributed by atoms with van der Waals surface area (Å²) in [6.45, 7) is 6.26. The van der Waals surface area contributed by atoms with Crippen LogP contribution in [0.3, 0.4) is 0 Å². The standard InChI is InChI=1S/C21H26N2O2/c1-21(2,18-6-4-3-5-7-18)15-23-20(24)22-12-10-16-8-9-19-17(14-16)11-13-25-19/h3-9,14H,10-13,15H2,1-2H3,(H2,22,23,24). The average Bonchev–Trinajstić information content (AvgIpc) is 3.09. The third kappa shape index (κ3) is 4.53. The second kappa shape index (κ2) is 7.60. The van der Waals surface area contributed by atoms with E-state index in [0.717, 1.165) is 25.2 Å². The second-order valence-corrected chi connectivity index (χ2v) is 7.15. The quantitative estimate of drug-likeness (QED) is 0.848. The van der Waals surface area contributed by atoms with Gasteiger partial charge in [0.1, 0.15) is 5.75 Å². The molecular formula is C21H26N2O2. The molecule has 3 rings (SSSR count). The minimum Gasteiger partial charge on any atom is -0.493 e. The highest BCUT2D eigenvalue weighted by molar-refractivity contribution is 5.74. The van der Waals surface area contributed by atoms with Gasteiger partial charge < -0.3 is 15.4 Å². The van der Waals surface area contributed by atoms with Crippen LogP contribution in [-0.2, 0) is 18.3 Å². The Kier molecular flexibility index (Phi) is 5.27. The van der Waals surface area contributed by atoms with Gasteiger partial charge in [-0.15, -0.1) is 0 Å². The summed E-state index contributed by atoms with van der Waals surface area (Å²) in [5, 5.41) is 5.92. The molecule has 0 aliphatic carbocycles. The highest BCUT2D eigenvalue weighted by Crippen LogP contribution is 2.26. The van der Waals surface area contributed by atoms with Gasteiger partial charge in [0.25, 0.3) is 0 Å². The van der Waals surface area contributed by atoms with Crippen LogP contribution >= 0.6 is 0 Å². The molecule has 0 fully saturated rings. The molecule has 2 aromatic carbocycles. The highest BCUT2D eigenvalue weighted by Gasteiger charge is 2.20. The average molecular weight is 338 g/mol. The summed E-state index contributed by atoms with van der Waals surface area (Å²) in [6.07, 6.45) is 1.80. The van der Waals surface area contributed by atoms with E-state index in [-0.39, 0.29) is 11.4 Å². The Bertz CT molecular complexity index is 726. The van der Waals surface area contributed by atoms with Crippen LogP contribution in [0.25, 0.3) is 0 Å². The van der Waals surface area contributed by atoms with Crippen molar-refractivity contribution < 1.29 is 9.53 Å². The van der Waals surface area contributed by atoms with Gasteiger partial charge in [-0.2, -0.15) is 0 Å². The van der Waals surface area contributed by atoms with Gasteiger partial charge in [0.05, 0.1) is 6.61 Å². The Morgan fingerprint density at radius 2 is 1.92 bits per heavy atom. The van der Waals surface area contributed by atoms with Gasteiger partial charge in [0.2, 0.25) is 0 Å². The van der Waals surface area contributed by atoms with Crippen molar-refractivity contribution in [2.45, 2.75) is 32.1 Å². The molecule has 0 saturated carbocycles. The number of benzene rings is 2. The van der Waals surface area contributed by atoms with E-state index in [1.54, 1.807) is 0 Å². The van der Waals surface area contributed by atoms with Crippen molar-refractivity contribution in [1.82, 2.24) is 10.6 Å². The first-order chi connectivity index (χ1) is 12.0. The summed E-state index contributed by atoms with van der Waals surface area (Å²) >= 11 is 0. The molecule has 4 nitrogen and oxygen atoms in total. The number of carbonyl (C=O) groups excluding carboxylic acids is 1. The van der Waals surface area contributed by atoms with Gasteiger partial charge in [-0.05, 0) is 29.2 Å². The van der Waals surface area contributed by atoms with Crippen LogP contribution in [0.1, 0.15) is 30.5 Å². The van der Waals surface area contributed by atoms with Gasteiger partial charge in [-0.25, -0.2) is 4.79 Å². The van der Waals surface area contributed by atoms with E-state index in [1.807, 2.05) is 24.3 Å². The smallest absolute Gasteiger partial charge is 0.314 e. The van der Waals surface area contributed by atoms with Crippen LogP contribution in [0.2, 0.25) is 0 Å². The molecule has 2 aromatic rings. The van der Waals surface area contributed by atoms with Gasteiger partial charge in [0.15, 0.2) is 0 Å². The SMILES string of the molecule is CC(C)(CNC(=O)NCCc1ccc2c(c1)CCO2)c1ccccc1. The minimum atomic E-state index is -0.117. The van der Waals surface area contributed by atoms with Crippen LogP contribution in [0.5, 0.6) is 5.75 Å². The predicted molar refractivity (Wildman–Crippen MR) is 100 cm³/mol. The Hall–Kier alpha value is -2.49. The van der Waals surface area contributed by atoms with E-state index in [4.69, 9.17) is 4.74 Å².